The number of hydrogen-bond acceptors (Lipinski definition) is 3. The summed E-state index contributed by atoms with van der Waals surface area (Å²) in [6.45, 7) is 6.47. The summed E-state index contributed by atoms with van der Waals surface area (Å²) in [5.74, 6) is 1.76. The van der Waals surface area contributed by atoms with Crippen LogP contribution in [0, 0.1) is 5.92 Å². The van der Waals surface area contributed by atoms with E-state index in [1.807, 2.05) is 24.3 Å². The summed E-state index contributed by atoms with van der Waals surface area (Å²) >= 11 is 4.92. The van der Waals surface area contributed by atoms with Gasteiger partial charge in [0.2, 0.25) is 0 Å². The van der Waals surface area contributed by atoms with Gasteiger partial charge in [0.05, 0.1) is 0 Å². The van der Waals surface area contributed by atoms with E-state index in [0.717, 1.165) is 30.4 Å². The molecule has 104 valence electrons. The largest absolute Gasteiger partial charge is 0.492 e. The number of nitrogens with zero attached hydrogens (tertiary/aromatic N) is 1. The van der Waals surface area contributed by atoms with Gasteiger partial charge in [0.25, 0.3) is 0 Å². The van der Waals surface area contributed by atoms with Gasteiger partial charge in [0.15, 0.2) is 0 Å². The number of hydrogen-bond donors (Lipinski definition) is 1. The molecule has 19 heavy (non-hydrogen) atoms. The van der Waals surface area contributed by atoms with Crippen LogP contribution < -0.4 is 10.5 Å². The lowest BCUT2D eigenvalue weighted by Crippen LogP contribution is -2.35. The van der Waals surface area contributed by atoms with Crippen LogP contribution >= 0.6 is 12.2 Å². The van der Waals surface area contributed by atoms with Gasteiger partial charge in [-0.1, -0.05) is 19.1 Å². The third kappa shape index (κ3) is 4.48. The summed E-state index contributed by atoms with van der Waals surface area (Å²) in [5, 5.41) is 0. The van der Waals surface area contributed by atoms with Gasteiger partial charge >= 0.3 is 0 Å². The minimum atomic E-state index is 0.425. The van der Waals surface area contributed by atoms with Gasteiger partial charge in [-0.3, -0.25) is 4.90 Å². The summed E-state index contributed by atoms with van der Waals surface area (Å²) in [6, 6.07) is 7.65. The van der Waals surface area contributed by atoms with E-state index in [9.17, 15) is 0 Å². The molecule has 1 aliphatic rings. The van der Waals surface area contributed by atoms with Crippen molar-refractivity contribution in [2.45, 2.75) is 19.8 Å². The Bertz CT molecular complexity index is 411. The van der Waals surface area contributed by atoms with Crippen LogP contribution in [0.5, 0.6) is 5.75 Å². The van der Waals surface area contributed by atoms with Crippen molar-refractivity contribution in [1.29, 1.82) is 0 Å². The third-order valence-electron chi connectivity index (χ3n) is 3.69. The molecule has 1 saturated heterocycles. The minimum Gasteiger partial charge on any atom is -0.492 e. The van der Waals surface area contributed by atoms with Gasteiger partial charge in [-0.2, -0.15) is 0 Å². The molecule has 2 rings (SSSR count). The number of nitrogens with two attached hydrogens (primary N) is 1. The number of benzene rings is 1. The monoisotopic (exact) mass is 278 g/mol. The minimum absolute atomic E-state index is 0.425. The smallest absolute Gasteiger partial charge is 0.119 e. The topological polar surface area (TPSA) is 38.5 Å². The van der Waals surface area contributed by atoms with Crippen molar-refractivity contribution in [1.82, 2.24) is 4.90 Å². The van der Waals surface area contributed by atoms with Crippen LogP contribution in [0.2, 0.25) is 0 Å². The van der Waals surface area contributed by atoms with Gasteiger partial charge in [-0.15, -0.1) is 0 Å². The quantitative estimate of drug-likeness (QED) is 0.840. The van der Waals surface area contributed by atoms with Crippen molar-refractivity contribution in [3.63, 3.8) is 0 Å². The van der Waals surface area contributed by atoms with Crippen LogP contribution in [0.4, 0.5) is 0 Å². The molecule has 0 saturated carbocycles. The highest BCUT2D eigenvalue weighted by Gasteiger charge is 2.14. The highest BCUT2D eigenvalue weighted by atomic mass is 32.1. The molecule has 0 bridgehead atoms. The highest BCUT2D eigenvalue weighted by Crippen LogP contribution is 2.16. The average molecular weight is 278 g/mol. The molecular formula is C15H22N2OS. The second-order valence-electron chi connectivity index (χ2n) is 5.26. The van der Waals surface area contributed by atoms with E-state index in [4.69, 9.17) is 22.7 Å². The Labute approximate surface area is 120 Å². The summed E-state index contributed by atoms with van der Waals surface area (Å²) in [7, 11) is 0. The molecule has 0 atom stereocenters. The maximum Gasteiger partial charge on any atom is 0.119 e. The van der Waals surface area contributed by atoms with Gasteiger partial charge in [-0.05, 0) is 56.1 Å². The van der Waals surface area contributed by atoms with E-state index in [1.165, 1.54) is 25.9 Å². The number of ether oxygens (including phenoxy) is 1. The number of likely N-dealkylation sites (tertiary alicyclic amines) is 1. The number of thiocarbonyl (C=S) groups is 1. The first-order chi connectivity index (χ1) is 9.15. The standard InChI is InChI=1S/C15H22N2OS/c1-12-6-8-17(9-7-12)10-11-18-14-4-2-13(3-5-14)15(16)19/h2-5,12H,6-11H2,1H3,(H2,16,19). The molecule has 1 aromatic carbocycles. The zero-order valence-electron chi connectivity index (χ0n) is 11.5. The fourth-order valence-corrected chi connectivity index (χ4v) is 2.43. The Kier molecular flexibility index (Phi) is 5.16. The molecule has 1 aromatic rings. The third-order valence-corrected chi connectivity index (χ3v) is 3.93. The molecule has 1 fully saturated rings. The number of rotatable bonds is 5. The molecule has 1 heterocycles. The van der Waals surface area contributed by atoms with Crippen molar-refractivity contribution in [3.8, 4) is 5.75 Å². The van der Waals surface area contributed by atoms with Crippen molar-refractivity contribution in [2.24, 2.45) is 11.7 Å². The van der Waals surface area contributed by atoms with E-state index in [2.05, 4.69) is 11.8 Å². The van der Waals surface area contributed by atoms with Crippen LogP contribution in [-0.2, 0) is 0 Å². The van der Waals surface area contributed by atoms with Crippen LogP contribution in [-0.4, -0.2) is 36.1 Å². The molecule has 2 N–H and O–H groups in total. The molecule has 0 unspecified atom stereocenters. The van der Waals surface area contributed by atoms with Crippen LogP contribution in [0.3, 0.4) is 0 Å². The predicted octanol–water partition coefficient (Wildman–Crippen LogP) is 2.43. The molecule has 4 heteroatoms. The van der Waals surface area contributed by atoms with E-state index in [1.54, 1.807) is 0 Å². The Balaban J connectivity index is 1.72. The van der Waals surface area contributed by atoms with Gasteiger partial charge < -0.3 is 10.5 Å². The predicted molar refractivity (Wildman–Crippen MR) is 82.7 cm³/mol. The fourth-order valence-electron chi connectivity index (χ4n) is 2.29. The van der Waals surface area contributed by atoms with Crippen molar-refractivity contribution < 1.29 is 4.74 Å². The molecule has 0 aromatic heterocycles. The van der Waals surface area contributed by atoms with E-state index in [0.29, 0.717) is 4.99 Å². The Morgan fingerprint density at radius 2 is 1.95 bits per heavy atom. The second-order valence-corrected chi connectivity index (χ2v) is 5.70. The lowest BCUT2D eigenvalue weighted by Gasteiger charge is -2.29. The summed E-state index contributed by atoms with van der Waals surface area (Å²) in [6.07, 6.45) is 2.62. The van der Waals surface area contributed by atoms with E-state index < -0.39 is 0 Å². The molecule has 0 spiro atoms. The molecular weight excluding hydrogens is 256 g/mol. The van der Waals surface area contributed by atoms with E-state index in [-0.39, 0.29) is 0 Å². The van der Waals surface area contributed by atoms with Crippen LogP contribution in [0.1, 0.15) is 25.3 Å². The molecule has 3 nitrogen and oxygen atoms in total. The van der Waals surface area contributed by atoms with Crippen molar-refractivity contribution in [2.75, 3.05) is 26.2 Å². The maximum atomic E-state index is 5.74. The molecule has 0 aliphatic carbocycles. The van der Waals surface area contributed by atoms with Gasteiger partial charge in [0.1, 0.15) is 17.3 Å². The lowest BCUT2D eigenvalue weighted by molar-refractivity contribution is 0.160. The second kappa shape index (κ2) is 6.87. The summed E-state index contributed by atoms with van der Waals surface area (Å²) in [5.41, 5.74) is 6.44. The zero-order chi connectivity index (χ0) is 13.7. The number of piperidine rings is 1. The average Bonchev–Trinajstić information content (AvgIpc) is 2.41. The first-order valence-electron chi connectivity index (χ1n) is 6.90. The Morgan fingerprint density at radius 3 is 2.53 bits per heavy atom. The zero-order valence-corrected chi connectivity index (χ0v) is 12.3. The fraction of sp³-hybridized carbons (Fsp3) is 0.533. The SMILES string of the molecule is CC1CCN(CCOc2ccc(C(N)=S)cc2)CC1. The first-order valence-corrected chi connectivity index (χ1v) is 7.31. The normalized spacial score (nSPS) is 17.3. The van der Waals surface area contributed by atoms with Gasteiger partial charge in [0, 0.05) is 12.1 Å². The van der Waals surface area contributed by atoms with E-state index >= 15 is 0 Å². The summed E-state index contributed by atoms with van der Waals surface area (Å²) < 4.78 is 5.74. The van der Waals surface area contributed by atoms with Crippen molar-refractivity contribution in [3.05, 3.63) is 29.8 Å². The Morgan fingerprint density at radius 1 is 1.32 bits per heavy atom. The highest BCUT2D eigenvalue weighted by molar-refractivity contribution is 7.80. The summed E-state index contributed by atoms with van der Waals surface area (Å²) in [4.78, 5) is 2.90. The van der Waals surface area contributed by atoms with Crippen LogP contribution in [0.15, 0.2) is 24.3 Å². The molecule has 0 amide bonds. The van der Waals surface area contributed by atoms with Crippen molar-refractivity contribution >= 4 is 17.2 Å². The maximum absolute atomic E-state index is 5.74. The molecule has 1 aliphatic heterocycles. The lowest BCUT2D eigenvalue weighted by atomic mass is 9.99. The van der Waals surface area contributed by atoms with Gasteiger partial charge in [-0.25, -0.2) is 0 Å². The molecule has 0 radical (unpaired) electrons. The van der Waals surface area contributed by atoms with Crippen LogP contribution in [0.25, 0.3) is 0 Å². The first kappa shape index (κ1) is 14.3. The Hall–Kier alpha value is -1.13.